The Hall–Kier alpha value is -0.610. The summed E-state index contributed by atoms with van der Waals surface area (Å²) in [6, 6.07) is 0. The molecule has 0 bridgehead atoms. The van der Waals surface area contributed by atoms with Crippen LogP contribution in [-0.4, -0.2) is 43.2 Å². The molecule has 1 heterocycles. The van der Waals surface area contributed by atoms with Gasteiger partial charge in [-0.2, -0.15) is 0 Å². The van der Waals surface area contributed by atoms with Gasteiger partial charge in [-0.15, -0.1) is 0 Å². The van der Waals surface area contributed by atoms with Crippen molar-refractivity contribution in [1.29, 1.82) is 0 Å². The third-order valence-corrected chi connectivity index (χ3v) is 2.55. The highest BCUT2D eigenvalue weighted by molar-refractivity contribution is 5.79. The van der Waals surface area contributed by atoms with Gasteiger partial charge in [0.05, 0.1) is 6.61 Å². The average Bonchev–Trinajstić information content (AvgIpc) is 2.19. The predicted molar refractivity (Wildman–Crippen MR) is 54.9 cm³/mol. The van der Waals surface area contributed by atoms with E-state index in [1.165, 1.54) is 19.3 Å². The Bertz CT molecular complexity index is 185. The van der Waals surface area contributed by atoms with Crippen molar-refractivity contribution in [3.8, 4) is 0 Å². The number of carbonyl (C=O) groups is 1. The van der Waals surface area contributed by atoms with Crippen LogP contribution in [0.15, 0.2) is 0 Å². The summed E-state index contributed by atoms with van der Waals surface area (Å²) in [5, 5.41) is 0. The van der Waals surface area contributed by atoms with Crippen LogP contribution < -0.4 is 5.73 Å². The highest BCUT2D eigenvalue weighted by atomic mass is 16.5. The molecule has 0 aliphatic carbocycles. The molecule has 1 unspecified atom stereocenters. The van der Waals surface area contributed by atoms with Crippen molar-refractivity contribution >= 4 is 5.91 Å². The predicted octanol–water partition coefficient (Wildman–Crippen LogP) is 0.363. The van der Waals surface area contributed by atoms with Gasteiger partial charge in [-0.3, -0.25) is 9.69 Å². The van der Waals surface area contributed by atoms with Gasteiger partial charge in [0.25, 0.3) is 0 Å². The van der Waals surface area contributed by atoms with Crippen LogP contribution in [0.1, 0.15) is 26.2 Å². The number of hydrogen-bond acceptors (Lipinski definition) is 3. The van der Waals surface area contributed by atoms with Crippen molar-refractivity contribution < 1.29 is 9.53 Å². The molecule has 0 aromatic heterocycles. The van der Waals surface area contributed by atoms with Gasteiger partial charge in [0, 0.05) is 13.1 Å². The standard InChI is InChI=1S/C10H20N2O2/c1-2-3-4-5-12-6-7-14-9(8-12)10(11)13/h9H,2-8H2,1H3,(H2,11,13). The second kappa shape index (κ2) is 5.98. The zero-order valence-electron chi connectivity index (χ0n) is 8.87. The topological polar surface area (TPSA) is 55.6 Å². The van der Waals surface area contributed by atoms with Gasteiger partial charge in [-0.05, 0) is 13.0 Å². The van der Waals surface area contributed by atoms with Crippen LogP contribution in [0.25, 0.3) is 0 Å². The van der Waals surface area contributed by atoms with Crippen molar-refractivity contribution in [3.05, 3.63) is 0 Å². The maximum absolute atomic E-state index is 10.9. The Morgan fingerprint density at radius 3 is 3.00 bits per heavy atom. The summed E-state index contributed by atoms with van der Waals surface area (Å²) in [5.41, 5.74) is 5.19. The molecule has 1 aliphatic heterocycles. The molecule has 14 heavy (non-hydrogen) atoms. The number of morpholine rings is 1. The lowest BCUT2D eigenvalue weighted by Gasteiger charge is -2.31. The molecule has 0 radical (unpaired) electrons. The van der Waals surface area contributed by atoms with Gasteiger partial charge in [-0.1, -0.05) is 19.8 Å². The number of hydrogen-bond donors (Lipinski definition) is 1. The second-order valence-corrected chi connectivity index (χ2v) is 3.77. The molecule has 0 spiro atoms. The molecule has 2 N–H and O–H groups in total. The van der Waals surface area contributed by atoms with E-state index < -0.39 is 6.10 Å². The molecule has 1 saturated heterocycles. The van der Waals surface area contributed by atoms with Gasteiger partial charge in [-0.25, -0.2) is 0 Å². The first-order valence-electron chi connectivity index (χ1n) is 5.37. The molecular weight excluding hydrogens is 180 g/mol. The third kappa shape index (κ3) is 3.64. The Balaban J connectivity index is 2.22. The van der Waals surface area contributed by atoms with Crippen LogP contribution in [0.5, 0.6) is 0 Å². The summed E-state index contributed by atoms with van der Waals surface area (Å²) in [5.74, 6) is -0.342. The smallest absolute Gasteiger partial charge is 0.247 e. The Morgan fingerprint density at radius 2 is 2.36 bits per heavy atom. The molecule has 1 rings (SSSR count). The SMILES string of the molecule is CCCCCN1CCOC(C(N)=O)C1. The van der Waals surface area contributed by atoms with Crippen molar-refractivity contribution in [1.82, 2.24) is 4.90 Å². The lowest BCUT2D eigenvalue weighted by molar-refractivity contribution is -0.135. The van der Waals surface area contributed by atoms with E-state index in [4.69, 9.17) is 10.5 Å². The van der Waals surface area contributed by atoms with Crippen LogP contribution in [0.4, 0.5) is 0 Å². The quantitative estimate of drug-likeness (QED) is 0.652. The van der Waals surface area contributed by atoms with Gasteiger partial charge < -0.3 is 10.5 Å². The molecule has 1 fully saturated rings. The number of nitrogens with two attached hydrogens (primary N) is 1. The van der Waals surface area contributed by atoms with Crippen LogP contribution in [0.2, 0.25) is 0 Å². The minimum absolute atomic E-state index is 0.342. The fourth-order valence-electron chi connectivity index (χ4n) is 1.66. The molecule has 0 saturated carbocycles. The maximum Gasteiger partial charge on any atom is 0.247 e. The van der Waals surface area contributed by atoms with Gasteiger partial charge in [0.1, 0.15) is 6.10 Å². The normalized spacial score (nSPS) is 23.6. The minimum atomic E-state index is -0.398. The van der Waals surface area contributed by atoms with E-state index in [1.807, 2.05) is 0 Å². The van der Waals surface area contributed by atoms with Crippen LogP contribution in [0, 0.1) is 0 Å². The Morgan fingerprint density at radius 1 is 1.57 bits per heavy atom. The molecule has 1 atom stereocenters. The Kier molecular flexibility index (Phi) is 4.90. The zero-order valence-corrected chi connectivity index (χ0v) is 8.87. The maximum atomic E-state index is 10.9. The van der Waals surface area contributed by atoms with Crippen molar-refractivity contribution in [3.63, 3.8) is 0 Å². The summed E-state index contributed by atoms with van der Waals surface area (Å²) in [6.45, 7) is 5.46. The van der Waals surface area contributed by atoms with E-state index in [1.54, 1.807) is 0 Å². The fourth-order valence-corrected chi connectivity index (χ4v) is 1.66. The molecule has 82 valence electrons. The van der Waals surface area contributed by atoms with E-state index in [0.29, 0.717) is 13.2 Å². The first-order chi connectivity index (χ1) is 6.74. The van der Waals surface area contributed by atoms with E-state index in [0.717, 1.165) is 13.1 Å². The van der Waals surface area contributed by atoms with Crippen LogP contribution in [0.3, 0.4) is 0 Å². The summed E-state index contributed by atoms with van der Waals surface area (Å²) in [4.78, 5) is 13.2. The molecule has 4 nitrogen and oxygen atoms in total. The van der Waals surface area contributed by atoms with E-state index in [9.17, 15) is 4.79 Å². The largest absolute Gasteiger partial charge is 0.367 e. The van der Waals surface area contributed by atoms with E-state index in [-0.39, 0.29) is 5.91 Å². The van der Waals surface area contributed by atoms with Gasteiger partial charge in [0.15, 0.2) is 0 Å². The lowest BCUT2D eigenvalue weighted by Crippen LogP contribution is -2.48. The first-order valence-corrected chi connectivity index (χ1v) is 5.37. The second-order valence-electron chi connectivity index (χ2n) is 3.77. The average molecular weight is 200 g/mol. The van der Waals surface area contributed by atoms with Crippen LogP contribution >= 0.6 is 0 Å². The monoisotopic (exact) mass is 200 g/mol. The van der Waals surface area contributed by atoms with E-state index >= 15 is 0 Å². The summed E-state index contributed by atoms with van der Waals surface area (Å²) in [6.07, 6.45) is 3.27. The molecule has 1 aliphatic rings. The minimum Gasteiger partial charge on any atom is -0.367 e. The summed E-state index contributed by atoms with van der Waals surface area (Å²) < 4.78 is 5.26. The van der Waals surface area contributed by atoms with E-state index in [2.05, 4.69) is 11.8 Å². The van der Waals surface area contributed by atoms with Crippen molar-refractivity contribution in [2.24, 2.45) is 5.73 Å². The van der Waals surface area contributed by atoms with Crippen molar-refractivity contribution in [2.45, 2.75) is 32.3 Å². The molecule has 0 aromatic rings. The third-order valence-electron chi connectivity index (χ3n) is 2.55. The number of nitrogens with zero attached hydrogens (tertiary/aromatic N) is 1. The zero-order chi connectivity index (χ0) is 10.4. The summed E-state index contributed by atoms with van der Waals surface area (Å²) in [7, 11) is 0. The number of primary amides is 1. The fraction of sp³-hybridized carbons (Fsp3) is 0.900. The van der Waals surface area contributed by atoms with Crippen molar-refractivity contribution in [2.75, 3.05) is 26.2 Å². The Labute approximate surface area is 85.4 Å². The number of ether oxygens (including phenoxy) is 1. The number of rotatable bonds is 5. The molecule has 0 aromatic carbocycles. The summed E-state index contributed by atoms with van der Waals surface area (Å²) >= 11 is 0. The number of carbonyl (C=O) groups excluding carboxylic acids is 1. The molecular formula is C10H20N2O2. The highest BCUT2D eigenvalue weighted by Gasteiger charge is 2.23. The van der Waals surface area contributed by atoms with Gasteiger partial charge in [0.2, 0.25) is 5.91 Å². The number of unbranched alkanes of at least 4 members (excludes halogenated alkanes) is 2. The molecule has 4 heteroatoms. The van der Waals surface area contributed by atoms with Gasteiger partial charge >= 0.3 is 0 Å². The van der Waals surface area contributed by atoms with Crippen LogP contribution in [-0.2, 0) is 9.53 Å². The number of amides is 1. The first kappa shape index (κ1) is 11.5. The molecule has 1 amide bonds. The highest BCUT2D eigenvalue weighted by Crippen LogP contribution is 2.06. The lowest BCUT2D eigenvalue weighted by atomic mass is 10.2.